The number of hydrogen-bond donors (Lipinski definition) is 2. The fourth-order valence-electron chi connectivity index (χ4n) is 2.85. The van der Waals surface area contributed by atoms with Crippen molar-refractivity contribution in [1.29, 1.82) is 0 Å². The van der Waals surface area contributed by atoms with Gasteiger partial charge in [-0.25, -0.2) is 9.97 Å². The summed E-state index contributed by atoms with van der Waals surface area (Å²) in [5.41, 5.74) is 11.1. The Morgan fingerprint density at radius 2 is 1.70 bits per heavy atom. The number of hydrogen-bond acceptors (Lipinski definition) is 6. The number of aromatic nitrogens is 3. The third kappa shape index (κ3) is 3.56. The summed E-state index contributed by atoms with van der Waals surface area (Å²) in [6, 6.07) is 19.8. The van der Waals surface area contributed by atoms with Crippen molar-refractivity contribution < 1.29 is 4.52 Å². The minimum atomic E-state index is 0.307. The monoisotopic (exact) mass is 357 g/mol. The normalized spacial score (nSPS) is 10.9. The molecule has 0 saturated carbocycles. The molecule has 134 valence electrons. The smallest absolute Gasteiger partial charge is 0.189 e. The van der Waals surface area contributed by atoms with Crippen molar-refractivity contribution >= 4 is 5.82 Å². The maximum absolute atomic E-state index is 6.03. The molecule has 0 aliphatic rings. The van der Waals surface area contributed by atoms with Gasteiger partial charge in [-0.1, -0.05) is 59.8 Å². The molecule has 0 spiro atoms. The number of benzene rings is 2. The van der Waals surface area contributed by atoms with Gasteiger partial charge in [-0.15, -0.1) is 0 Å². The molecule has 0 aliphatic heterocycles. The van der Waals surface area contributed by atoms with Gasteiger partial charge < -0.3 is 15.6 Å². The Kier molecular flexibility index (Phi) is 4.63. The Balaban J connectivity index is 1.67. The molecule has 0 saturated heterocycles. The van der Waals surface area contributed by atoms with Crippen molar-refractivity contribution in [2.75, 3.05) is 12.8 Å². The lowest BCUT2D eigenvalue weighted by Crippen LogP contribution is -2.04. The zero-order chi connectivity index (χ0) is 18.6. The van der Waals surface area contributed by atoms with Gasteiger partial charge in [0.05, 0.1) is 11.9 Å². The van der Waals surface area contributed by atoms with E-state index < -0.39 is 0 Å². The van der Waals surface area contributed by atoms with Gasteiger partial charge in [0.2, 0.25) is 0 Å². The Bertz CT molecular complexity index is 1040. The van der Waals surface area contributed by atoms with E-state index in [1.807, 2.05) is 55.6 Å². The molecule has 0 atom stereocenters. The lowest BCUT2D eigenvalue weighted by atomic mass is 10.1. The fourth-order valence-corrected chi connectivity index (χ4v) is 2.85. The summed E-state index contributed by atoms with van der Waals surface area (Å²) in [5, 5.41) is 7.30. The van der Waals surface area contributed by atoms with Crippen LogP contribution in [0, 0.1) is 0 Å². The molecule has 6 heteroatoms. The van der Waals surface area contributed by atoms with Crippen molar-refractivity contribution in [3.8, 4) is 34.0 Å². The lowest BCUT2D eigenvalue weighted by Gasteiger charge is -2.04. The minimum Gasteiger partial charge on any atom is -0.382 e. The number of anilines is 1. The standard InChI is InChI=1S/C21H19N5O/c1-23-12-14-7-9-16(10-8-14)17-11-19(27-26-17)20-21(22)24-13-18(25-20)15-5-3-2-4-6-15/h2-11,13,23H,12H2,1H3,(H2,22,24). The third-order valence-electron chi connectivity index (χ3n) is 4.24. The second-order valence-electron chi connectivity index (χ2n) is 6.16. The van der Waals surface area contributed by atoms with Crippen LogP contribution >= 0.6 is 0 Å². The Labute approximate surface area is 157 Å². The first-order valence-corrected chi connectivity index (χ1v) is 8.63. The highest BCUT2D eigenvalue weighted by molar-refractivity contribution is 5.73. The lowest BCUT2D eigenvalue weighted by molar-refractivity contribution is 0.434. The van der Waals surface area contributed by atoms with E-state index in [0.717, 1.165) is 29.1 Å². The first-order chi connectivity index (χ1) is 13.2. The zero-order valence-corrected chi connectivity index (χ0v) is 14.9. The van der Waals surface area contributed by atoms with Gasteiger partial charge >= 0.3 is 0 Å². The van der Waals surface area contributed by atoms with E-state index in [4.69, 9.17) is 10.3 Å². The average molecular weight is 357 g/mol. The van der Waals surface area contributed by atoms with Gasteiger partial charge in [-0.2, -0.15) is 0 Å². The SMILES string of the molecule is CNCc1ccc(-c2cc(-c3nc(-c4ccccc4)cnc3N)on2)cc1. The van der Waals surface area contributed by atoms with Crippen LogP contribution in [0.25, 0.3) is 34.0 Å². The maximum atomic E-state index is 6.03. The molecule has 0 radical (unpaired) electrons. The largest absolute Gasteiger partial charge is 0.382 e. The molecule has 0 fully saturated rings. The molecule has 6 nitrogen and oxygen atoms in total. The summed E-state index contributed by atoms with van der Waals surface area (Å²) < 4.78 is 5.51. The van der Waals surface area contributed by atoms with Crippen molar-refractivity contribution in [3.05, 3.63) is 72.4 Å². The molecule has 27 heavy (non-hydrogen) atoms. The van der Waals surface area contributed by atoms with Crippen LogP contribution in [-0.4, -0.2) is 22.2 Å². The molecule has 2 aromatic heterocycles. The topological polar surface area (TPSA) is 89.9 Å². The Morgan fingerprint density at radius 1 is 0.963 bits per heavy atom. The first-order valence-electron chi connectivity index (χ1n) is 8.63. The van der Waals surface area contributed by atoms with E-state index in [9.17, 15) is 0 Å². The van der Waals surface area contributed by atoms with Crippen LogP contribution in [0.3, 0.4) is 0 Å². The Hall–Kier alpha value is -3.51. The van der Waals surface area contributed by atoms with Gasteiger partial charge in [0.1, 0.15) is 5.69 Å². The van der Waals surface area contributed by atoms with Gasteiger partial charge in [0.15, 0.2) is 17.3 Å². The van der Waals surface area contributed by atoms with E-state index in [0.29, 0.717) is 17.3 Å². The quantitative estimate of drug-likeness (QED) is 0.565. The van der Waals surface area contributed by atoms with E-state index in [2.05, 4.69) is 32.6 Å². The predicted molar refractivity (Wildman–Crippen MR) is 106 cm³/mol. The van der Waals surface area contributed by atoms with Gasteiger partial charge in [0, 0.05) is 23.7 Å². The highest BCUT2D eigenvalue weighted by Crippen LogP contribution is 2.29. The molecular formula is C21H19N5O. The zero-order valence-electron chi connectivity index (χ0n) is 14.9. The van der Waals surface area contributed by atoms with Crippen molar-refractivity contribution in [1.82, 2.24) is 20.4 Å². The molecule has 0 aliphatic carbocycles. The highest BCUT2D eigenvalue weighted by atomic mass is 16.5. The summed E-state index contributed by atoms with van der Waals surface area (Å²) >= 11 is 0. The summed E-state index contributed by atoms with van der Waals surface area (Å²) in [5.74, 6) is 0.800. The molecule has 0 amide bonds. The Morgan fingerprint density at radius 3 is 2.44 bits per heavy atom. The summed E-state index contributed by atoms with van der Waals surface area (Å²) in [6.07, 6.45) is 1.66. The first kappa shape index (κ1) is 16.9. The van der Waals surface area contributed by atoms with Crippen molar-refractivity contribution in [2.24, 2.45) is 0 Å². The predicted octanol–water partition coefficient (Wildman–Crippen LogP) is 3.77. The van der Waals surface area contributed by atoms with Crippen molar-refractivity contribution in [2.45, 2.75) is 6.54 Å². The molecule has 0 bridgehead atoms. The number of nitrogens with zero attached hydrogens (tertiary/aromatic N) is 3. The summed E-state index contributed by atoms with van der Waals surface area (Å²) in [6.45, 7) is 0.822. The number of nitrogen functional groups attached to an aromatic ring is 1. The van der Waals surface area contributed by atoms with Crippen LogP contribution in [-0.2, 0) is 6.54 Å². The minimum absolute atomic E-state index is 0.307. The average Bonchev–Trinajstić information content (AvgIpc) is 3.20. The fraction of sp³-hybridized carbons (Fsp3) is 0.0952. The van der Waals surface area contributed by atoms with Crippen LogP contribution in [0.1, 0.15) is 5.56 Å². The van der Waals surface area contributed by atoms with E-state index in [1.165, 1.54) is 5.56 Å². The molecular weight excluding hydrogens is 338 g/mol. The third-order valence-corrected chi connectivity index (χ3v) is 4.24. The second kappa shape index (κ2) is 7.39. The van der Waals surface area contributed by atoms with Crippen LogP contribution < -0.4 is 11.1 Å². The highest BCUT2D eigenvalue weighted by Gasteiger charge is 2.15. The van der Waals surface area contributed by atoms with Crippen LogP contribution in [0.15, 0.2) is 71.4 Å². The number of rotatable bonds is 5. The van der Waals surface area contributed by atoms with Gasteiger partial charge in [-0.3, -0.25) is 0 Å². The van der Waals surface area contributed by atoms with Crippen LogP contribution in [0.2, 0.25) is 0 Å². The van der Waals surface area contributed by atoms with E-state index in [-0.39, 0.29) is 0 Å². The summed E-state index contributed by atoms with van der Waals surface area (Å²) in [7, 11) is 1.92. The number of nitrogens with two attached hydrogens (primary N) is 1. The maximum Gasteiger partial charge on any atom is 0.189 e. The van der Waals surface area contributed by atoms with Crippen LogP contribution in [0.4, 0.5) is 5.82 Å². The molecule has 2 heterocycles. The van der Waals surface area contributed by atoms with Crippen molar-refractivity contribution in [3.63, 3.8) is 0 Å². The molecule has 0 unspecified atom stereocenters. The molecule has 4 aromatic rings. The van der Waals surface area contributed by atoms with Crippen LogP contribution in [0.5, 0.6) is 0 Å². The molecule has 3 N–H and O–H groups in total. The second-order valence-corrected chi connectivity index (χ2v) is 6.16. The molecule has 2 aromatic carbocycles. The van der Waals surface area contributed by atoms with Gasteiger partial charge in [0.25, 0.3) is 0 Å². The van der Waals surface area contributed by atoms with E-state index in [1.54, 1.807) is 6.20 Å². The summed E-state index contributed by atoms with van der Waals surface area (Å²) in [4.78, 5) is 8.90. The molecule has 4 rings (SSSR count). The van der Waals surface area contributed by atoms with E-state index >= 15 is 0 Å². The van der Waals surface area contributed by atoms with Gasteiger partial charge in [-0.05, 0) is 12.6 Å². The number of nitrogens with one attached hydrogen (secondary N) is 1.